The molecule has 0 bridgehead atoms. The second-order valence-corrected chi connectivity index (χ2v) is 5.17. The van der Waals surface area contributed by atoms with Gasteiger partial charge in [0, 0.05) is 11.7 Å². The normalized spacial score (nSPS) is 12.3. The molecule has 0 aliphatic rings. The van der Waals surface area contributed by atoms with Crippen molar-refractivity contribution in [2.24, 2.45) is 5.10 Å². The Morgan fingerprint density at radius 1 is 1.54 bits per heavy atom. The molecular weight excluding hydrogens is 182 g/mol. The third-order valence-corrected chi connectivity index (χ3v) is 2.08. The Labute approximate surface area is 82.9 Å². The molecule has 0 spiro atoms. The molecule has 0 unspecified atom stereocenters. The maximum Gasteiger partial charge on any atom is 0.0900 e. The van der Waals surface area contributed by atoms with E-state index in [2.05, 4.69) is 36.3 Å². The largest absolute Gasteiger partial charge is 0.305 e. The molecule has 0 saturated heterocycles. The van der Waals surface area contributed by atoms with Gasteiger partial charge in [0.15, 0.2) is 0 Å². The van der Waals surface area contributed by atoms with E-state index < -0.39 is 0 Å². The summed E-state index contributed by atoms with van der Waals surface area (Å²) in [6, 6.07) is 0. The SMILES string of the molecule is Cc1ncc(/C=N/NC(C)(C)C)s1. The Morgan fingerprint density at radius 3 is 2.69 bits per heavy atom. The van der Waals surface area contributed by atoms with Crippen molar-refractivity contribution in [3.05, 3.63) is 16.1 Å². The average molecular weight is 197 g/mol. The van der Waals surface area contributed by atoms with Crippen molar-refractivity contribution in [3.63, 3.8) is 0 Å². The Kier molecular flexibility index (Phi) is 3.03. The summed E-state index contributed by atoms with van der Waals surface area (Å²) < 4.78 is 0. The summed E-state index contributed by atoms with van der Waals surface area (Å²) in [5.41, 5.74) is 3.05. The summed E-state index contributed by atoms with van der Waals surface area (Å²) in [6.45, 7) is 8.20. The lowest BCUT2D eigenvalue weighted by molar-refractivity contribution is 0.442. The van der Waals surface area contributed by atoms with E-state index in [0.29, 0.717) is 0 Å². The molecule has 3 nitrogen and oxygen atoms in total. The fraction of sp³-hybridized carbons (Fsp3) is 0.556. The quantitative estimate of drug-likeness (QED) is 0.583. The number of thiazole rings is 1. The van der Waals surface area contributed by atoms with Gasteiger partial charge < -0.3 is 5.43 Å². The van der Waals surface area contributed by atoms with E-state index in [-0.39, 0.29) is 5.54 Å². The lowest BCUT2D eigenvalue weighted by Crippen LogP contribution is -2.31. The van der Waals surface area contributed by atoms with E-state index >= 15 is 0 Å². The molecule has 0 radical (unpaired) electrons. The van der Waals surface area contributed by atoms with Gasteiger partial charge in [0.25, 0.3) is 0 Å². The number of hydrogen-bond acceptors (Lipinski definition) is 4. The second kappa shape index (κ2) is 3.87. The van der Waals surface area contributed by atoms with Crippen LogP contribution in [-0.4, -0.2) is 16.7 Å². The summed E-state index contributed by atoms with van der Waals surface area (Å²) in [5, 5.41) is 5.19. The highest BCUT2D eigenvalue weighted by Gasteiger charge is 2.05. The zero-order valence-electron chi connectivity index (χ0n) is 8.46. The second-order valence-electron chi connectivity index (χ2n) is 3.90. The molecule has 72 valence electrons. The van der Waals surface area contributed by atoms with Crippen LogP contribution in [0.3, 0.4) is 0 Å². The van der Waals surface area contributed by atoms with Gasteiger partial charge in [-0.15, -0.1) is 11.3 Å². The van der Waals surface area contributed by atoms with Crippen LogP contribution in [0.15, 0.2) is 11.3 Å². The van der Waals surface area contributed by atoms with Crippen molar-refractivity contribution in [1.82, 2.24) is 10.4 Å². The van der Waals surface area contributed by atoms with E-state index in [0.717, 1.165) is 9.88 Å². The van der Waals surface area contributed by atoms with Crippen LogP contribution in [0, 0.1) is 6.92 Å². The van der Waals surface area contributed by atoms with Crippen LogP contribution in [0.2, 0.25) is 0 Å². The molecule has 0 aliphatic carbocycles. The number of nitrogens with one attached hydrogen (secondary N) is 1. The maximum atomic E-state index is 4.13. The van der Waals surface area contributed by atoms with Crippen LogP contribution in [0.25, 0.3) is 0 Å². The van der Waals surface area contributed by atoms with Crippen molar-refractivity contribution < 1.29 is 0 Å². The number of rotatable bonds is 2. The van der Waals surface area contributed by atoms with Gasteiger partial charge in [-0.1, -0.05) is 0 Å². The van der Waals surface area contributed by atoms with Crippen LogP contribution < -0.4 is 5.43 Å². The minimum absolute atomic E-state index is 0.0240. The van der Waals surface area contributed by atoms with Gasteiger partial charge >= 0.3 is 0 Å². The average Bonchev–Trinajstić information content (AvgIpc) is 2.33. The first-order chi connectivity index (χ1) is 5.97. The molecular formula is C9H15N3S. The zero-order valence-corrected chi connectivity index (χ0v) is 9.27. The maximum absolute atomic E-state index is 4.13. The van der Waals surface area contributed by atoms with Crippen molar-refractivity contribution in [2.75, 3.05) is 0 Å². The van der Waals surface area contributed by atoms with Crippen molar-refractivity contribution >= 4 is 17.6 Å². The first-order valence-corrected chi connectivity index (χ1v) is 5.02. The van der Waals surface area contributed by atoms with Gasteiger partial charge in [0.2, 0.25) is 0 Å². The molecule has 1 aromatic heterocycles. The van der Waals surface area contributed by atoms with E-state index in [1.54, 1.807) is 17.6 Å². The molecule has 0 saturated carbocycles. The molecule has 1 N–H and O–H groups in total. The van der Waals surface area contributed by atoms with Gasteiger partial charge in [-0.05, 0) is 27.7 Å². The van der Waals surface area contributed by atoms with E-state index in [9.17, 15) is 0 Å². The highest BCUT2D eigenvalue weighted by Crippen LogP contribution is 2.08. The van der Waals surface area contributed by atoms with Crippen molar-refractivity contribution in [2.45, 2.75) is 33.2 Å². The molecule has 1 aromatic rings. The standard InChI is InChI=1S/C9H15N3S/c1-7-10-5-8(13-7)6-11-12-9(2,3)4/h5-6,12H,1-4H3/b11-6+. The van der Waals surface area contributed by atoms with Crippen molar-refractivity contribution in [3.8, 4) is 0 Å². The highest BCUT2D eigenvalue weighted by molar-refractivity contribution is 7.13. The van der Waals surface area contributed by atoms with Gasteiger partial charge in [-0.25, -0.2) is 4.98 Å². The Hall–Kier alpha value is -0.900. The molecule has 0 atom stereocenters. The van der Waals surface area contributed by atoms with E-state index in [1.807, 2.05) is 13.1 Å². The molecule has 1 heterocycles. The van der Waals surface area contributed by atoms with Gasteiger partial charge in [-0.3, -0.25) is 0 Å². The summed E-state index contributed by atoms with van der Waals surface area (Å²) in [6.07, 6.45) is 3.63. The summed E-state index contributed by atoms with van der Waals surface area (Å²) in [4.78, 5) is 5.21. The minimum atomic E-state index is 0.0240. The Morgan fingerprint density at radius 2 is 2.23 bits per heavy atom. The Balaban J connectivity index is 2.50. The lowest BCUT2D eigenvalue weighted by Gasteiger charge is -2.16. The topological polar surface area (TPSA) is 37.3 Å². The van der Waals surface area contributed by atoms with Gasteiger partial charge in [0.05, 0.1) is 16.1 Å². The van der Waals surface area contributed by atoms with E-state index in [1.165, 1.54) is 0 Å². The molecule has 0 amide bonds. The first kappa shape index (κ1) is 10.2. The predicted octanol–water partition coefficient (Wildman–Crippen LogP) is 2.17. The van der Waals surface area contributed by atoms with Crippen LogP contribution in [0.4, 0.5) is 0 Å². The molecule has 4 heteroatoms. The molecule has 0 aromatic carbocycles. The summed E-state index contributed by atoms with van der Waals surface area (Å²) in [7, 11) is 0. The van der Waals surface area contributed by atoms with Crippen LogP contribution in [0.1, 0.15) is 30.7 Å². The fourth-order valence-corrected chi connectivity index (χ4v) is 1.38. The number of hydrogen-bond donors (Lipinski definition) is 1. The Bertz CT molecular complexity index is 296. The smallest absolute Gasteiger partial charge is 0.0900 e. The lowest BCUT2D eigenvalue weighted by atomic mass is 10.1. The number of nitrogens with zero attached hydrogens (tertiary/aromatic N) is 2. The summed E-state index contributed by atoms with van der Waals surface area (Å²) in [5.74, 6) is 0. The predicted molar refractivity (Wildman–Crippen MR) is 57.3 cm³/mol. The molecule has 0 aliphatic heterocycles. The molecule has 0 fully saturated rings. The number of aromatic nitrogens is 1. The van der Waals surface area contributed by atoms with Gasteiger partial charge in [0.1, 0.15) is 0 Å². The van der Waals surface area contributed by atoms with E-state index in [4.69, 9.17) is 0 Å². The highest BCUT2D eigenvalue weighted by atomic mass is 32.1. The van der Waals surface area contributed by atoms with Gasteiger partial charge in [-0.2, -0.15) is 5.10 Å². The number of hydrazone groups is 1. The van der Waals surface area contributed by atoms with Crippen LogP contribution in [0.5, 0.6) is 0 Å². The monoisotopic (exact) mass is 197 g/mol. The third kappa shape index (κ3) is 4.03. The van der Waals surface area contributed by atoms with Crippen LogP contribution in [-0.2, 0) is 0 Å². The minimum Gasteiger partial charge on any atom is -0.305 e. The summed E-state index contributed by atoms with van der Waals surface area (Å²) >= 11 is 1.64. The number of aryl methyl sites for hydroxylation is 1. The molecule has 1 rings (SSSR count). The molecule has 13 heavy (non-hydrogen) atoms. The zero-order chi connectivity index (χ0) is 9.90. The third-order valence-electron chi connectivity index (χ3n) is 1.23. The van der Waals surface area contributed by atoms with Crippen molar-refractivity contribution in [1.29, 1.82) is 0 Å². The fourth-order valence-electron chi connectivity index (χ4n) is 0.727. The van der Waals surface area contributed by atoms with Crippen LogP contribution >= 0.6 is 11.3 Å². The first-order valence-electron chi connectivity index (χ1n) is 4.20.